The molecule has 2 aliphatic heterocycles. The van der Waals surface area contributed by atoms with Crippen LogP contribution in [0.5, 0.6) is 0 Å². The first kappa shape index (κ1) is 78.0. The molecule has 25 rings (SSSR count). The van der Waals surface area contributed by atoms with Gasteiger partial charge in [-0.05, 0) is 235 Å². The Kier molecular flexibility index (Phi) is 18.9. The van der Waals surface area contributed by atoms with Crippen LogP contribution < -0.4 is 21.0 Å². The van der Waals surface area contributed by atoms with E-state index in [-0.39, 0.29) is 0 Å². The molecule has 624 valence electrons. The molecule has 2 spiro atoms. The molecule has 3 N–H and O–H groups in total. The molecule has 19 aromatic carbocycles. The Morgan fingerprint density at radius 3 is 1.05 bits per heavy atom. The quantitative estimate of drug-likeness (QED) is 0.106. The maximum Gasteiger partial charge on any atom is 0.164 e. The Labute approximate surface area is 772 Å². The van der Waals surface area contributed by atoms with Crippen LogP contribution in [0.3, 0.4) is 0 Å². The molecule has 8 nitrogen and oxygen atoms in total. The third-order valence-electron chi connectivity index (χ3n) is 27.6. The zero-order valence-electron chi connectivity index (χ0n) is 72.5. The van der Waals surface area contributed by atoms with E-state index in [0.717, 1.165) is 140 Å². The topological polar surface area (TPSA) is 99.3 Å². The fourth-order valence-electron chi connectivity index (χ4n) is 21.5. The Balaban J connectivity index is 0.503. The lowest BCUT2D eigenvalue weighted by Gasteiger charge is -2.45. The Morgan fingerprint density at radius 1 is 0.211 bits per heavy atom. The molecule has 4 aliphatic rings. The van der Waals surface area contributed by atoms with Gasteiger partial charge in [0.25, 0.3) is 0 Å². The van der Waals surface area contributed by atoms with Gasteiger partial charge in [-0.2, -0.15) is 0 Å². The number of aromatic amines is 1. The van der Waals surface area contributed by atoms with Crippen LogP contribution in [0.1, 0.15) is 56.2 Å². The number of fused-ring (bicyclic) bond motifs is 18. The Bertz CT molecular complexity index is 8120. The number of hydrogen-bond donors (Lipinski definition) is 2. The van der Waals surface area contributed by atoms with E-state index in [2.05, 4.69) is 464 Å². The molecule has 2 aromatic heterocycles. The number of nitrogens with zero attached hydrogens (tertiary/aromatic N) is 6. The van der Waals surface area contributed by atoms with Gasteiger partial charge in [0, 0.05) is 39.8 Å². The standard InChI is InChI=1S/C125H84N8/c126-119(128-123-106(86-32-7-2-8-33-86)77-97(80-127-123)81-30-5-1-6-31-81)87-66-62-83(63-67-87)82-58-60-85(61-59-82)93-70-72-104-102-46-15-17-48-107(102)124(113(104)78-93)111-52-21-25-56-117(111)133(118-57-26-22-53-112(118)124)99-43-29-38-92(76-99)91-37-27-36-90(74-91)84-64-68-89(69-65-84)121-129-120(88-34-9-3-10-35-88)130-122(131-121)96-40-28-39-94(75-96)100-44-13-14-45-101(100)95-71-73-105-103-47-16-18-49-108(103)125(114(105)79-95)109-50-19-23-54-115(109)132(98-41-11-4-12-42-98)116-55-24-20-51-110(116)125/h1-80,119H,126H2,(H,127,128). The van der Waals surface area contributed by atoms with Crippen LogP contribution in [-0.4, -0.2) is 19.9 Å². The second-order valence-electron chi connectivity index (χ2n) is 34.8. The first-order valence-corrected chi connectivity index (χ1v) is 45.5. The highest BCUT2D eigenvalue weighted by Crippen LogP contribution is 2.66. The largest absolute Gasteiger partial charge is 0.346 e. The van der Waals surface area contributed by atoms with Crippen molar-refractivity contribution in [3.63, 3.8) is 0 Å². The highest BCUT2D eigenvalue weighted by atomic mass is 15.2. The summed E-state index contributed by atoms with van der Waals surface area (Å²) < 4.78 is 0. The minimum atomic E-state index is -0.636. The van der Waals surface area contributed by atoms with Crippen molar-refractivity contribution in [2.75, 3.05) is 9.80 Å². The Morgan fingerprint density at radius 2 is 0.519 bits per heavy atom. The number of hydrogen-bond acceptors (Lipinski definition) is 7. The average molecular weight is 1700 g/mol. The molecule has 0 amide bonds. The molecule has 1 atom stereocenters. The van der Waals surface area contributed by atoms with Gasteiger partial charge in [0.05, 0.1) is 33.6 Å². The smallest absolute Gasteiger partial charge is 0.164 e. The van der Waals surface area contributed by atoms with Crippen molar-refractivity contribution < 1.29 is 0 Å². The zero-order chi connectivity index (χ0) is 88.1. The predicted molar refractivity (Wildman–Crippen MR) is 544 cm³/mol. The van der Waals surface area contributed by atoms with Gasteiger partial charge in [-0.1, -0.05) is 400 Å². The molecule has 0 fully saturated rings. The van der Waals surface area contributed by atoms with Gasteiger partial charge >= 0.3 is 0 Å². The third kappa shape index (κ3) is 13.0. The number of aromatic nitrogens is 4. The minimum absolute atomic E-state index is 0.589. The number of anilines is 6. The van der Waals surface area contributed by atoms with Gasteiger partial charge in [-0.3, -0.25) is 0 Å². The summed E-state index contributed by atoms with van der Waals surface area (Å²) in [5.74, 6) is 1.78. The first-order chi connectivity index (χ1) is 65.8. The van der Waals surface area contributed by atoms with E-state index >= 15 is 0 Å². The molecular formula is C125H84N8. The average Bonchev–Trinajstić information content (AvgIpc) is 1.53. The van der Waals surface area contributed by atoms with Crippen LogP contribution in [0, 0.1) is 0 Å². The summed E-state index contributed by atoms with van der Waals surface area (Å²) in [6, 6.07) is 174. The molecule has 133 heavy (non-hydrogen) atoms. The van der Waals surface area contributed by atoms with Crippen molar-refractivity contribution in [3.8, 4) is 145 Å². The van der Waals surface area contributed by atoms with Gasteiger partial charge in [-0.25, -0.2) is 19.9 Å². The van der Waals surface area contributed by atoms with E-state index in [1.165, 1.54) is 78.1 Å². The number of rotatable bonds is 15. The van der Waals surface area contributed by atoms with Crippen LogP contribution in [-0.2, 0) is 10.8 Å². The lowest BCUT2D eigenvalue weighted by atomic mass is 9.64. The lowest BCUT2D eigenvalue weighted by molar-refractivity contribution is 0.739. The molecule has 0 saturated carbocycles. The van der Waals surface area contributed by atoms with Gasteiger partial charge in [0.2, 0.25) is 0 Å². The fourth-order valence-corrected chi connectivity index (χ4v) is 21.5. The van der Waals surface area contributed by atoms with Crippen LogP contribution in [0.4, 0.5) is 34.1 Å². The number of pyridine rings is 1. The van der Waals surface area contributed by atoms with Crippen LogP contribution in [0.2, 0.25) is 0 Å². The second-order valence-corrected chi connectivity index (χ2v) is 34.8. The van der Waals surface area contributed by atoms with Gasteiger partial charge in [-0.15, -0.1) is 0 Å². The molecule has 8 heteroatoms. The summed E-state index contributed by atoms with van der Waals surface area (Å²) in [4.78, 5) is 29.4. The summed E-state index contributed by atoms with van der Waals surface area (Å²) in [6.07, 6.45) is 1.42. The van der Waals surface area contributed by atoms with Crippen molar-refractivity contribution in [1.29, 1.82) is 0 Å². The van der Waals surface area contributed by atoms with Crippen LogP contribution in [0.15, 0.2) is 490 Å². The molecule has 0 saturated heterocycles. The number of nitrogens with one attached hydrogen (secondary N) is 1. The van der Waals surface area contributed by atoms with Crippen LogP contribution in [0.25, 0.3) is 145 Å². The van der Waals surface area contributed by atoms with Crippen molar-refractivity contribution >= 4 is 34.1 Å². The summed E-state index contributed by atoms with van der Waals surface area (Å²) in [7, 11) is 0. The molecule has 2 aliphatic carbocycles. The second kappa shape index (κ2) is 32.2. The van der Waals surface area contributed by atoms with Crippen LogP contribution >= 0.6 is 0 Å². The summed E-state index contributed by atoms with van der Waals surface area (Å²) >= 11 is 0. The number of nitrogens with two attached hydrogens (primary N) is 1. The zero-order valence-corrected chi connectivity index (χ0v) is 72.5. The highest BCUT2D eigenvalue weighted by molar-refractivity contribution is 6.01. The maximum atomic E-state index is 6.94. The van der Waals surface area contributed by atoms with Gasteiger partial charge in [0.1, 0.15) is 11.7 Å². The van der Waals surface area contributed by atoms with E-state index in [1.807, 2.05) is 36.5 Å². The first-order valence-electron chi connectivity index (χ1n) is 45.5. The van der Waals surface area contributed by atoms with E-state index in [0.29, 0.717) is 17.5 Å². The predicted octanol–water partition coefficient (Wildman–Crippen LogP) is 30.4. The summed E-state index contributed by atoms with van der Waals surface area (Å²) in [6.45, 7) is 0. The summed E-state index contributed by atoms with van der Waals surface area (Å²) in [5, 5.41) is 0. The third-order valence-corrected chi connectivity index (χ3v) is 27.6. The lowest BCUT2D eigenvalue weighted by Crippen LogP contribution is -2.36. The minimum Gasteiger partial charge on any atom is -0.346 e. The van der Waals surface area contributed by atoms with Gasteiger partial charge in [0.15, 0.2) is 17.5 Å². The van der Waals surface area contributed by atoms with Crippen molar-refractivity contribution in [3.05, 3.63) is 541 Å². The highest BCUT2D eigenvalue weighted by Gasteiger charge is 2.54. The molecular weight excluding hydrogens is 1610 g/mol. The number of para-hydroxylation sites is 5. The summed E-state index contributed by atoms with van der Waals surface area (Å²) in [5.41, 5.74) is 49.5. The monoisotopic (exact) mass is 1700 g/mol. The van der Waals surface area contributed by atoms with Gasteiger partial charge < -0.3 is 20.5 Å². The van der Waals surface area contributed by atoms with Crippen molar-refractivity contribution in [1.82, 2.24) is 19.9 Å². The van der Waals surface area contributed by atoms with Crippen molar-refractivity contribution in [2.45, 2.75) is 17.0 Å². The SMILES string of the molecule is NC(/N=c1\[nH]cc(-c2ccccc2)cc1-c1ccccc1)c1ccc(-c2ccc(-c3ccc4c(c3)C3(c5ccccc5-4)c4ccccc4N(c4cccc(-c5cccc(-c6ccc(-c7nc(-c8ccccc8)nc(-c8cccc(-c9ccccc9-c9ccc%10c(c9)C9(c%11ccccc%11-%10)c%10ccccc%10N(c%10ccccc%10)c%10ccccc%109)c8)n7)cc6)c5)c4)c4ccccc43)cc2)cc1. The van der Waals surface area contributed by atoms with E-state index < -0.39 is 17.0 Å². The van der Waals surface area contributed by atoms with E-state index in [1.54, 1.807) is 0 Å². The van der Waals surface area contributed by atoms with Crippen molar-refractivity contribution in [2.24, 2.45) is 10.7 Å². The molecule has 0 radical (unpaired) electrons. The number of benzene rings is 19. The fraction of sp³-hybridized carbons (Fsp3) is 0.0240. The molecule has 4 heterocycles. The normalized spacial score (nSPS) is 13.4. The molecule has 21 aromatic rings. The van der Waals surface area contributed by atoms with E-state index in [9.17, 15) is 0 Å². The number of H-pyrrole nitrogens is 1. The maximum absolute atomic E-state index is 6.94. The molecule has 0 bridgehead atoms. The molecule has 1 unspecified atom stereocenters. The Hall–Kier alpha value is -17.3. The van der Waals surface area contributed by atoms with E-state index in [4.69, 9.17) is 25.7 Å².